The molecule has 0 bridgehead atoms. The largest absolute Gasteiger partial charge is 0.481 e. The zero-order chi connectivity index (χ0) is 15.7. The molecule has 20 heavy (non-hydrogen) atoms. The van der Waals surface area contributed by atoms with Crippen molar-refractivity contribution in [2.45, 2.75) is 58.5 Å². The summed E-state index contributed by atoms with van der Waals surface area (Å²) in [6.45, 7) is 5.04. The van der Waals surface area contributed by atoms with Crippen molar-refractivity contribution < 1.29 is 19.5 Å². The summed E-state index contributed by atoms with van der Waals surface area (Å²) in [5.74, 6) is -1.50. The Morgan fingerprint density at radius 3 is 2.20 bits per heavy atom. The Hall–Kier alpha value is -1.43. The lowest BCUT2D eigenvalue weighted by Gasteiger charge is -2.21. The lowest BCUT2D eigenvalue weighted by atomic mass is 10.00. The molecule has 0 radical (unpaired) electrons. The van der Waals surface area contributed by atoms with E-state index in [1.807, 2.05) is 6.92 Å². The van der Waals surface area contributed by atoms with Crippen LogP contribution >= 0.6 is 0 Å². The number of rotatable bonds is 10. The predicted molar refractivity (Wildman–Crippen MR) is 76.4 cm³/mol. The van der Waals surface area contributed by atoms with Crippen molar-refractivity contribution in [3.63, 3.8) is 0 Å². The third kappa shape index (κ3) is 7.23. The van der Waals surface area contributed by atoms with E-state index in [0.29, 0.717) is 12.8 Å². The van der Waals surface area contributed by atoms with Crippen LogP contribution in [-0.4, -0.2) is 41.9 Å². The van der Waals surface area contributed by atoms with Crippen LogP contribution in [0.2, 0.25) is 0 Å². The van der Waals surface area contributed by atoms with E-state index in [9.17, 15) is 14.4 Å². The number of carboxylic acids is 1. The zero-order valence-corrected chi connectivity index (χ0v) is 12.7. The van der Waals surface area contributed by atoms with Gasteiger partial charge in [0.05, 0.1) is 12.0 Å². The van der Waals surface area contributed by atoms with E-state index in [4.69, 9.17) is 5.11 Å². The quantitative estimate of drug-likeness (QED) is 0.556. The van der Waals surface area contributed by atoms with Gasteiger partial charge >= 0.3 is 5.97 Å². The van der Waals surface area contributed by atoms with Crippen LogP contribution in [0.3, 0.4) is 0 Å². The van der Waals surface area contributed by atoms with Crippen molar-refractivity contribution in [2.75, 3.05) is 7.05 Å². The highest BCUT2D eigenvalue weighted by Crippen LogP contribution is 2.10. The number of nitrogens with one attached hydrogen (secondary N) is 2. The Morgan fingerprint density at radius 2 is 1.80 bits per heavy atom. The van der Waals surface area contributed by atoms with Crippen LogP contribution in [0.5, 0.6) is 0 Å². The minimum absolute atomic E-state index is 0.0490. The average Bonchev–Trinajstić information content (AvgIpc) is 2.39. The SMILES string of the molecule is CCC(CCC(C)C(=O)O)NC(=O)[C@H](CC(C)=O)NC. The molecule has 0 saturated carbocycles. The fraction of sp³-hybridized carbons (Fsp3) is 0.786. The van der Waals surface area contributed by atoms with Crippen molar-refractivity contribution in [3.8, 4) is 0 Å². The maximum absolute atomic E-state index is 12.0. The molecule has 6 nitrogen and oxygen atoms in total. The normalized spacial score (nSPS) is 15.2. The highest BCUT2D eigenvalue weighted by molar-refractivity contribution is 5.88. The zero-order valence-electron chi connectivity index (χ0n) is 12.7. The maximum Gasteiger partial charge on any atom is 0.306 e. The van der Waals surface area contributed by atoms with Crippen molar-refractivity contribution >= 4 is 17.7 Å². The third-order valence-electron chi connectivity index (χ3n) is 3.37. The lowest BCUT2D eigenvalue weighted by molar-refractivity contribution is -0.141. The number of carbonyl (C=O) groups is 3. The number of aliphatic carboxylic acids is 1. The molecule has 0 heterocycles. The summed E-state index contributed by atoms with van der Waals surface area (Å²) < 4.78 is 0. The smallest absolute Gasteiger partial charge is 0.306 e. The Morgan fingerprint density at radius 1 is 1.20 bits per heavy atom. The van der Waals surface area contributed by atoms with Gasteiger partial charge < -0.3 is 15.7 Å². The second-order valence-corrected chi connectivity index (χ2v) is 5.18. The first kappa shape index (κ1) is 18.6. The molecule has 2 unspecified atom stereocenters. The topological polar surface area (TPSA) is 95.5 Å². The van der Waals surface area contributed by atoms with Gasteiger partial charge in [-0.25, -0.2) is 0 Å². The summed E-state index contributed by atoms with van der Waals surface area (Å²) in [7, 11) is 1.64. The number of amides is 1. The predicted octanol–water partition coefficient (Wildman–Crippen LogP) is 0.949. The van der Waals surface area contributed by atoms with Crippen molar-refractivity contribution in [1.29, 1.82) is 0 Å². The molecule has 0 aliphatic rings. The Bertz CT molecular complexity index is 344. The van der Waals surface area contributed by atoms with Gasteiger partial charge in [0.25, 0.3) is 0 Å². The second-order valence-electron chi connectivity index (χ2n) is 5.18. The average molecular weight is 286 g/mol. The van der Waals surface area contributed by atoms with E-state index in [0.717, 1.165) is 6.42 Å². The molecule has 0 saturated heterocycles. The fourth-order valence-electron chi connectivity index (χ4n) is 1.87. The summed E-state index contributed by atoms with van der Waals surface area (Å²) in [6, 6.07) is -0.592. The lowest BCUT2D eigenvalue weighted by Crippen LogP contribution is -2.47. The van der Waals surface area contributed by atoms with E-state index >= 15 is 0 Å². The Labute approximate surface area is 120 Å². The minimum Gasteiger partial charge on any atom is -0.481 e. The number of hydrogen-bond donors (Lipinski definition) is 3. The number of hydrogen-bond acceptors (Lipinski definition) is 4. The second kappa shape index (κ2) is 9.47. The van der Waals surface area contributed by atoms with Crippen molar-refractivity contribution in [3.05, 3.63) is 0 Å². The number of Topliss-reactive ketones (excluding diaryl/α,β-unsaturated/α-hetero) is 1. The van der Waals surface area contributed by atoms with E-state index in [2.05, 4.69) is 10.6 Å². The monoisotopic (exact) mass is 286 g/mol. The highest BCUT2D eigenvalue weighted by Gasteiger charge is 2.21. The maximum atomic E-state index is 12.0. The van der Waals surface area contributed by atoms with Crippen LogP contribution in [0.15, 0.2) is 0 Å². The summed E-state index contributed by atoms with van der Waals surface area (Å²) >= 11 is 0. The van der Waals surface area contributed by atoms with E-state index in [-0.39, 0.29) is 24.2 Å². The molecule has 0 aromatic rings. The van der Waals surface area contributed by atoms with Crippen molar-refractivity contribution in [1.82, 2.24) is 10.6 Å². The number of likely N-dealkylation sites (N-methyl/N-ethyl adjacent to an activating group) is 1. The number of carboxylic acid groups (broad SMARTS) is 1. The van der Waals surface area contributed by atoms with Crippen molar-refractivity contribution in [2.24, 2.45) is 5.92 Å². The van der Waals surface area contributed by atoms with Crippen LogP contribution in [-0.2, 0) is 14.4 Å². The van der Waals surface area contributed by atoms with Gasteiger partial charge in [0.15, 0.2) is 0 Å². The summed E-state index contributed by atoms with van der Waals surface area (Å²) in [6.07, 6.45) is 2.02. The van der Waals surface area contributed by atoms with Crippen LogP contribution in [0.4, 0.5) is 0 Å². The van der Waals surface area contributed by atoms with Gasteiger partial charge in [-0.2, -0.15) is 0 Å². The highest BCUT2D eigenvalue weighted by atomic mass is 16.4. The summed E-state index contributed by atoms with van der Waals surface area (Å²) in [5, 5.41) is 14.5. The van der Waals surface area contributed by atoms with Gasteiger partial charge in [-0.05, 0) is 33.2 Å². The Kier molecular flexibility index (Phi) is 8.79. The molecule has 1 amide bonds. The molecule has 3 N–H and O–H groups in total. The fourth-order valence-corrected chi connectivity index (χ4v) is 1.87. The molecule has 116 valence electrons. The molecule has 0 aliphatic carbocycles. The molecule has 0 spiro atoms. The molecule has 0 aliphatic heterocycles. The minimum atomic E-state index is -0.823. The molecular weight excluding hydrogens is 260 g/mol. The standard InChI is InChI=1S/C14H26N2O4/c1-5-11(7-6-9(2)14(19)20)16-13(18)12(15-4)8-10(3)17/h9,11-12,15H,5-8H2,1-4H3,(H,16,18)(H,19,20)/t9?,11?,12-/m0/s1. The Balaban J connectivity index is 4.36. The van der Waals surface area contributed by atoms with Crippen LogP contribution in [0, 0.1) is 5.92 Å². The number of ketones is 1. The molecule has 0 fully saturated rings. The molecule has 0 rings (SSSR count). The van der Waals surface area contributed by atoms with Crippen LogP contribution < -0.4 is 10.6 Å². The third-order valence-corrected chi connectivity index (χ3v) is 3.37. The first-order chi connectivity index (χ1) is 9.31. The van der Waals surface area contributed by atoms with Gasteiger partial charge in [-0.3, -0.25) is 14.4 Å². The van der Waals surface area contributed by atoms with E-state index < -0.39 is 17.9 Å². The molecule has 6 heteroatoms. The number of carbonyl (C=O) groups excluding carboxylic acids is 2. The first-order valence-corrected chi connectivity index (χ1v) is 7.01. The van der Waals surface area contributed by atoms with Gasteiger partial charge in [0, 0.05) is 12.5 Å². The summed E-state index contributed by atoms with van der Waals surface area (Å²) in [5.41, 5.74) is 0. The molecular formula is C14H26N2O4. The van der Waals surface area contributed by atoms with Gasteiger partial charge in [0.1, 0.15) is 5.78 Å². The van der Waals surface area contributed by atoms with E-state index in [1.54, 1.807) is 14.0 Å². The van der Waals surface area contributed by atoms with Gasteiger partial charge in [0.2, 0.25) is 5.91 Å². The molecule has 3 atom stereocenters. The van der Waals surface area contributed by atoms with Gasteiger partial charge in [-0.15, -0.1) is 0 Å². The summed E-state index contributed by atoms with van der Waals surface area (Å²) in [4.78, 5) is 33.9. The van der Waals surface area contributed by atoms with E-state index in [1.165, 1.54) is 6.92 Å². The molecule has 0 aromatic carbocycles. The van der Waals surface area contributed by atoms with Crippen LogP contribution in [0.1, 0.15) is 46.5 Å². The van der Waals surface area contributed by atoms with Gasteiger partial charge in [-0.1, -0.05) is 13.8 Å². The molecule has 0 aromatic heterocycles. The first-order valence-electron chi connectivity index (χ1n) is 7.01. The van der Waals surface area contributed by atoms with Crippen LogP contribution in [0.25, 0.3) is 0 Å².